The molecule has 2 N–H and O–H groups in total. The second kappa shape index (κ2) is 9.49. The van der Waals surface area contributed by atoms with E-state index in [2.05, 4.69) is 51.7 Å². The van der Waals surface area contributed by atoms with Crippen molar-refractivity contribution in [1.82, 2.24) is 10.6 Å². The van der Waals surface area contributed by atoms with Crippen LogP contribution in [0.4, 0.5) is 5.69 Å². The molecule has 1 heterocycles. The van der Waals surface area contributed by atoms with Gasteiger partial charge in [0.2, 0.25) is 0 Å². The van der Waals surface area contributed by atoms with Crippen molar-refractivity contribution in [2.24, 2.45) is 16.8 Å². The Bertz CT molecular complexity index is 517. The molecule has 0 amide bonds. The number of piperidine rings is 1. The molecule has 1 aromatic rings. The number of hydrogen-bond acceptors (Lipinski definition) is 2. The molecule has 3 rings (SSSR count). The van der Waals surface area contributed by atoms with Crippen LogP contribution in [0.3, 0.4) is 0 Å². The summed E-state index contributed by atoms with van der Waals surface area (Å²) in [4.78, 5) is 6.79. The maximum absolute atomic E-state index is 4.29. The van der Waals surface area contributed by atoms with E-state index in [9.17, 15) is 0 Å². The Balaban J connectivity index is 0.00000208. The third-order valence-corrected chi connectivity index (χ3v) is 5.02. The molecular weight excluding hydrogens is 411 g/mol. The van der Waals surface area contributed by atoms with Gasteiger partial charge in [0.15, 0.2) is 5.96 Å². The predicted octanol–water partition coefficient (Wildman–Crippen LogP) is 3.62. The van der Waals surface area contributed by atoms with Gasteiger partial charge in [-0.15, -0.1) is 24.0 Å². The molecule has 1 aliphatic heterocycles. The summed E-state index contributed by atoms with van der Waals surface area (Å²) in [5.74, 6) is 2.65. The first-order valence-electron chi connectivity index (χ1n) is 9.03. The lowest BCUT2D eigenvalue weighted by atomic mass is 9.99. The van der Waals surface area contributed by atoms with E-state index < -0.39 is 0 Å². The predicted molar refractivity (Wildman–Crippen MR) is 113 cm³/mol. The van der Waals surface area contributed by atoms with Crippen LogP contribution in [-0.2, 0) is 6.54 Å². The molecule has 2 aliphatic rings. The molecule has 4 nitrogen and oxygen atoms in total. The second-order valence-corrected chi connectivity index (χ2v) is 7.09. The normalized spacial score (nSPS) is 18.9. The maximum Gasteiger partial charge on any atom is 0.191 e. The third kappa shape index (κ3) is 5.83. The van der Waals surface area contributed by atoms with Crippen LogP contribution in [0.1, 0.15) is 38.2 Å². The zero-order valence-electron chi connectivity index (χ0n) is 14.9. The number of aliphatic imine (C=N–C) groups is 1. The molecule has 0 spiro atoms. The van der Waals surface area contributed by atoms with Gasteiger partial charge < -0.3 is 15.5 Å². The standard InChI is InChI=1S/C19H30N4.HI/c1-15-9-11-23(12-10-15)18-7-5-17(6-8-18)14-22-19(20-2)21-13-16-3-4-16;/h5-8,15-16H,3-4,9-14H2,1-2H3,(H2,20,21,22);1H. The molecule has 0 radical (unpaired) electrons. The maximum atomic E-state index is 4.29. The van der Waals surface area contributed by atoms with Gasteiger partial charge >= 0.3 is 0 Å². The quantitative estimate of drug-likeness (QED) is 0.416. The van der Waals surface area contributed by atoms with Crippen molar-refractivity contribution in [3.05, 3.63) is 29.8 Å². The fourth-order valence-electron chi connectivity index (χ4n) is 3.06. The molecule has 1 aromatic carbocycles. The van der Waals surface area contributed by atoms with Crippen molar-refractivity contribution in [2.75, 3.05) is 31.6 Å². The third-order valence-electron chi connectivity index (χ3n) is 5.02. The highest BCUT2D eigenvalue weighted by molar-refractivity contribution is 14.0. The van der Waals surface area contributed by atoms with E-state index >= 15 is 0 Å². The Labute approximate surface area is 163 Å². The molecule has 1 aliphatic carbocycles. The average Bonchev–Trinajstić information content (AvgIpc) is 3.41. The fourth-order valence-corrected chi connectivity index (χ4v) is 3.06. The van der Waals surface area contributed by atoms with Gasteiger partial charge in [0.05, 0.1) is 0 Å². The summed E-state index contributed by atoms with van der Waals surface area (Å²) in [7, 11) is 1.84. The molecule has 24 heavy (non-hydrogen) atoms. The van der Waals surface area contributed by atoms with Crippen molar-refractivity contribution in [3.63, 3.8) is 0 Å². The molecule has 0 unspecified atom stereocenters. The first kappa shape index (κ1) is 19.3. The van der Waals surface area contributed by atoms with Gasteiger partial charge in [-0.3, -0.25) is 4.99 Å². The van der Waals surface area contributed by atoms with Gasteiger partial charge in [-0.25, -0.2) is 0 Å². The van der Waals surface area contributed by atoms with Gasteiger partial charge in [0.1, 0.15) is 0 Å². The number of benzene rings is 1. The summed E-state index contributed by atoms with van der Waals surface area (Å²) in [5.41, 5.74) is 2.66. The topological polar surface area (TPSA) is 39.7 Å². The number of nitrogens with one attached hydrogen (secondary N) is 2. The Morgan fingerprint density at radius 1 is 1.08 bits per heavy atom. The van der Waals surface area contributed by atoms with Crippen molar-refractivity contribution in [2.45, 2.75) is 39.2 Å². The number of guanidine groups is 1. The van der Waals surface area contributed by atoms with Crippen LogP contribution in [0.2, 0.25) is 0 Å². The fraction of sp³-hybridized carbons (Fsp3) is 0.632. The summed E-state index contributed by atoms with van der Waals surface area (Å²) in [6.45, 7) is 6.61. The second-order valence-electron chi connectivity index (χ2n) is 7.09. The highest BCUT2D eigenvalue weighted by atomic mass is 127. The van der Waals surface area contributed by atoms with Crippen LogP contribution >= 0.6 is 24.0 Å². The smallest absolute Gasteiger partial charge is 0.191 e. The molecule has 1 saturated carbocycles. The van der Waals surface area contributed by atoms with Gasteiger partial charge in [0, 0.05) is 38.9 Å². The van der Waals surface area contributed by atoms with Crippen LogP contribution in [0.15, 0.2) is 29.3 Å². The van der Waals surface area contributed by atoms with E-state index in [4.69, 9.17) is 0 Å². The molecule has 2 fully saturated rings. The minimum atomic E-state index is 0. The summed E-state index contributed by atoms with van der Waals surface area (Å²) in [6, 6.07) is 8.98. The van der Waals surface area contributed by atoms with Crippen LogP contribution in [0.5, 0.6) is 0 Å². The minimum Gasteiger partial charge on any atom is -0.372 e. The van der Waals surface area contributed by atoms with Crippen molar-refractivity contribution in [1.29, 1.82) is 0 Å². The van der Waals surface area contributed by atoms with Crippen LogP contribution in [0.25, 0.3) is 0 Å². The lowest BCUT2D eigenvalue weighted by molar-refractivity contribution is 0.438. The number of hydrogen-bond donors (Lipinski definition) is 2. The molecular formula is C19H31IN4. The van der Waals surface area contributed by atoms with Crippen LogP contribution < -0.4 is 15.5 Å². The van der Waals surface area contributed by atoms with Crippen molar-refractivity contribution >= 4 is 35.6 Å². The van der Waals surface area contributed by atoms with Crippen LogP contribution in [0, 0.1) is 11.8 Å². The number of rotatable bonds is 5. The summed E-state index contributed by atoms with van der Waals surface area (Å²) in [6.07, 6.45) is 5.35. The number of nitrogens with zero attached hydrogens (tertiary/aromatic N) is 2. The zero-order chi connectivity index (χ0) is 16.1. The average molecular weight is 442 g/mol. The van der Waals surface area contributed by atoms with Gasteiger partial charge in [0.25, 0.3) is 0 Å². The van der Waals surface area contributed by atoms with Gasteiger partial charge in [-0.05, 0) is 55.2 Å². The highest BCUT2D eigenvalue weighted by Gasteiger charge is 2.21. The highest BCUT2D eigenvalue weighted by Crippen LogP contribution is 2.27. The lowest BCUT2D eigenvalue weighted by Gasteiger charge is -2.32. The summed E-state index contributed by atoms with van der Waals surface area (Å²) in [5, 5.41) is 6.80. The van der Waals surface area contributed by atoms with Gasteiger partial charge in [-0.1, -0.05) is 19.1 Å². The Morgan fingerprint density at radius 3 is 2.33 bits per heavy atom. The molecule has 0 atom stereocenters. The molecule has 1 saturated heterocycles. The van der Waals surface area contributed by atoms with Crippen LogP contribution in [-0.4, -0.2) is 32.6 Å². The first-order chi connectivity index (χ1) is 11.2. The lowest BCUT2D eigenvalue weighted by Crippen LogP contribution is -2.37. The minimum absolute atomic E-state index is 0. The summed E-state index contributed by atoms with van der Waals surface area (Å²) < 4.78 is 0. The van der Waals surface area contributed by atoms with Crippen molar-refractivity contribution < 1.29 is 0 Å². The van der Waals surface area contributed by atoms with E-state index in [0.29, 0.717) is 0 Å². The van der Waals surface area contributed by atoms with Crippen molar-refractivity contribution in [3.8, 4) is 0 Å². The first-order valence-corrected chi connectivity index (χ1v) is 9.03. The molecule has 0 aromatic heterocycles. The molecule has 0 bridgehead atoms. The number of halogens is 1. The van der Waals surface area contributed by atoms with E-state index in [1.54, 1.807) is 0 Å². The Morgan fingerprint density at radius 2 is 1.75 bits per heavy atom. The van der Waals surface area contributed by atoms with E-state index in [0.717, 1.165) is 30.9 Å². The molecule has 5 heteroatoms. The Hall–Kier alpha value is -0.980. The van der Waals surface area contributed by atoms with E-state index in [-0.39, 0.29) is 24.0 Å². The van der Waals surface area contributed by atoms with E-state index in [1.807, 2.05) is 7.05 Å². The summed E-state index contributed by atoms with van der Waals surface area (Å²) >= 11 is 0. The van der Waals surface area contributed by atoms with E-state index in [1.165, 1.54) is 50.0 Å². The largest absolute Gasteiger partial charge is 0.372 e. The zero-order valence-corrected chi connectivity index (χ0v) is 17.3. The number of anilines is 1. The Kier molecular flexibility index (Phi) is 7.65. The monoisotopic (exact) mass is 442 g/mol. The van der Waals surface area contributed by atoms with Gasteiger partial charge in [-0.2, -0.15) is 0 Å². The SMILES string of the molecule is CN=C(NCc1ccc(N2CCC(C)CC2)cc1)NCC1CC1.I. The molecule has 134 valence electrons.